The van der Waals surface area contributed by atoms with Gasteiger partial charge in [0.25, 0.3) is 0 Å². The molecule has 1 aromatic carbocycles. The first kappa shape index (κ1) is 18.8. The molecule has 0 aliphatic carbocycles. The second-order valence-electron chi connectivity index (χ2n) is 6.09. The molecular weight excluding hydrogens is 421 g/mol. The Balaban J connectivity index is 1.53. The molecule has 1 fully saturated rings. The Hall–Kier alpha value is -1.93. The molecule has 138 valence electrons. The van der Waals surface area contributed by atoms with E-state index in [0.717, 1.165) is 9.35 Å². The highest BCUT2D eigenvalue weighted by Crippen LogP contribution is 2.23. The molecule has 1 N–H and O–H groups in total. The number of hydrogen-bond donors (Lipinski definition) is 1. The van der Waals surface area contributed by atoms with Crippen LogP contribution < -0.4 is 10.2 Å². The summed E-state index contributed by atoms with van der Waals surface area (Å²) in [5.41, 5.74) is 0.836. The largest absolute Gasteiger partial charge is 0.366 e. The first-order valence-corrected chi connectivity index (χ1v) is 9.92. The molecule has 3 rings (SSSR count). The number of carbonyl (C=O) groups is 2. The Labute approximate surface area is 163 Å². The summed E-state index contributed by atoms with van der Waals surface area (Å²) < 4.78 is 15.3. The number of benzene rings is 1. The zero-order chi connectivity index (χ0) is 18.7. The number of anilines is 1. The van der Waals surface area contributed by atoms with E-state index in [1.165, 1.54) is 13.0 Å². The van der Waals surface area contributed by atoms with Crippen LogP contribution in [0, 0.1) is 5.82 Å². The van der Waals surface area contributed by atoms with Gasteiger partial charge in [0.15, 0.2) is 5.78 Å². The van der Waals surface area contributed by atoms with Gasteiger partial charge in [-0.3, -0.25) is 4.79 Å². The van der Waals surface area contributed by atoms with Crippen molar-refractivity contribution in [2.75, 3.05) is 31.1 Å². The van der Waals surface area contributed by atoms with E-state index in [9.17, 15) is 14.0 Å². The van der Waals surface area contributed by atoms with Crippen molar-refractivity contribution >= 4 is 44.8 Å². The third kappa shape index (κ3) is 4.42. The lowest BCUT2D eigenvalue weighted by atomic mass is 10.1. The maximum atomic E-state index is 14.3. The van der Waals surface area contributed by atoms with Gasteiger partial charge >= 0.3 is 6.03 Å². The molecule has 1 aromatic heterocycles. The number of nitrogens with one attached hydrogen (secondary N) is 1. The van der Waals surface area contributed by atoms with Crippen molar-refractivity contribution in [3.63, 3.8) is 0 Å². The standard InChI is InChI=1S/C18H19BrFN3O2S/c1-12(24)13-2-3-17(16(20)8-13)22-4-6-23(7-5-22)18(25)21-10-15-9-14(19)11-26-15/h2-3,8-9,11H,4-7,10H2,1H3,(H,21,25). The highest BCUT2D eigenvalue weighted by atomic mass is 79.9. The Morgan fingerprint density at radius 2 is 1.96 bits per heavy atom. The van der Waals surface area contributed by atoms with Gasteiger partial charge in [-0.25, -0.2) is 9.18 Å². The fourth-order valence-electron chi connectivity index (χ4n) is 2.85. The summed E-state index contributed by atoms with van der Waals surface area (Å²) in [5.74, 6) is -0.561. The minimum atomic E-state index is -0.404. The van der Waals surface area contributed by atoms with Gasteiger partial charge in [0.05, 0.1) is 12.2 Å². The molecule has 0 spiro atoms. The minimum absolute atomic E-state index is 0.110. The maximum absolute atomic E-state index is 14.3. The van der Waals surface area contributed by atoms with Crippen LogP contribution in [-0.2, 0) is 6.54 Å². The van der Waals surface area contributed by atoms with Gasteiger partial charge < -0.3 is 15.1 Å². The molecule has 2 aromatic rings. The van der Waals surface area contributed by atoms with Gasteiger partial charge in [0.1, 0.15) is 5.82 Å². The zero-order valence-electron chi connectivity index (χ0n) is 14.3. The molecule has 2 amide bonds. The van der Waals surface area contributed by atoms with Crippen LogP contribution in [0.5, 0.6) is 0 Å². The van der Waals surface area contributed by atoms with E-state index in [2.05, 4.69) is 21.2 Å². The van der Waals surface area contributed by atoms with E-state index in [0.29, 0.717) is 44.0 Å². The summed E-state index contributed by atoms with van der Waals surface area (Å²) in [4.78, 5) is 28.3. The van der Waals surface area contributed by atoms with Crippen LogP contribution >= 0.6 is 27.3 Å². The first-order chi connectivity index (χ1) is 12.4. The smallest absolute Gasteiger partial charge is 0.317 e. The number of nitrogens with zero attached hydrogens (tertiary/aromatic N) is 2. The Morgan fingerprint density at radius 1 is 1.23 bits per heavy atom. The van der Waals surface area contributed by atoms with Crippen molar-refractivity contribution in [2.24, 2.45) is 0 Å². The lowest BCUT2D eigenvalue weighted by Crippen LogP contribution is -2.51. The van der Waals surface area contributed by atoms with Crippen LogP contribution in [0.4, 0.5) is 14.9 Å². The predicted octanol–water partition coefficient (Wildman–Crippen LogP) is 3.88. The number of urea groups is 1. The third-order valence-electron chi connectivity index (χ3n) is 4.30. The quantitative estimate of drug-likeness (QED) is 0.735. The SMILES string of the molecule is CC(=O)c1ccc(N2CCN(C(=O)NCc3cc(Br)cs3)CC2)c(F)c1. The molecule has 0 saturated carbocycles. The molecule has 0 bridgehead atoms. The van der Waals surface area contributed by atoms with Crippen LogP contribution in [0.15, 0.2) is 34.1 Å². The highest BCUT2D eigenvalue weighted by molar-refractivity contribution is 9.10. The average molecular weight is 440 g/mol. The summed E-state index contributed by atoms with van der Waals surface area (Å²) in [6.07, 6.45) is 0. The Kier molecular flexibility index (Phi) is 5.93. The van der Waals surface area contributed by atoms with Gasteiger partial charge in [-0.1, -0.05) is 0 Å². The molecular formula is C18H19BrFN3O2S. The summed E-state index contributed by atoms with van der Waals surface area (Å²) in [6.45, 7) is 4.06. The molecule has 1 aliphatic rings. The molecule has 0 atom stereocenters. The van der Waals surface area contributed by atoms with Crippen LogP contribution in [-0.4, -0.2) is 42.9 Å². The second kappa shape index (κ2) is 8.18. The van der Waals surface area contributed by atoms with Crippen LogP contribution in [0.25, 0.3) is 0 Å². The molecule has 1 saturated heterocycles. The third-order valence-corrected chi connectivity index (χ3v) is 5.99. The van der Waals surface area contributed by atoms with Crippen molar-refractivity contribution in [1.82, 2.24) is 10.2 Å². The Bertz CT molecular complexity index is 819. The zero-order valence-corrected chi connectivity index (χ0v) is 16.7. The van der Waals surface area contributed by atoms with E-state index in [-0.39, 0.29) is 11.8 Å². The Morgan fingerprint density at radius 3 is 2.54 bits per heavy atom. The van der Waals surface area contributed by atoms with E-state index >= 15 is 0 Å². The average Bonchev–Trinajstić information content (AvgIpc) is 3.05. The van der Waals surface area contributed by atoms with Crippen LogP contribution in [0.3, 0.4) is 0 Å². The number of halogens is 2. The van der Waals surface area contributed by atoms with Crippen molar-refractivity contribution < 1.29 is 14.0 Å². The number of hydrogen-bond acceptors (Lipinski definition) is 4. The van der Waals surface area contributed by atoms with Crippen LogP contribution in [0.1, 0.15) is 22.2 Å². The van der Waals surface area contributed by atoms with Gasteiger partial charge in [-0.2, -0.15) is 0 Å². The highest BCUT2D eigenvalue weighted by Gasteiger charge is 2.23. The van der Waals surface area contributed by atoms with E-state index in [1.54, 1.807) is 28.4 Å². The van der Waals surface area contributed by atoms with Crippen molar-refractivity contribution in [1.29, 1.82) is 0 Å². The number of amides is 2. The maximum Gasteiger partial charge on any atom is 0.317 e. The second-order valence-corrected chi connectivity index (χ2v) is 8.00. The summed E-state index contributed by atoms with van der Waals surface area (Å²) in [6, 6.07) is 6.42. The molecule has 1 aliphatic heterocycles. The number of rotatable bonds is 4. The molecule has 2 heterocycles. The van der Waals surface area contributed by atoms with Crippen molar-refractivity contribution in [3.05, 3.63) is 50.4 Å². The molecule has 0 radical (unpaired) electrons. The van der Waals surface area contributed by atoms with Crippen molar-refractivity contribution in [3.8, 4) is 0 Å². The lowest BCUT2D eigenvalue weighted by molar-refractivity contribution is 0.101. The topological polar surface area (TPSA) is 52.7 Å². The van der Waals surface area contributed by atoms with E-state index < -0.39 is 5.82 Å². The number of carbonyl (C=O) groups excluding carboxylic acids is 2. The molecule has 26 heavy (non-hydrogen) atoms. The van der Waals surface area contributed by atoms with Gasteiger partial charge in [0, 0.05) is 46.5 Å². The molecule has 5 nitrogen and oxygen atoms in total. The number of Topliss-reactive ketones (excluding diaryl/α,β-unsaturated/α-hetero) is 1. The van der Waals surface area contributed by atoms with Gasteiger partial charge in [0.2, 0.25) is 0 Å². The van der Waals surface area contributed by atoms with Gasteiger partial charge in [-0.15, -0.1) is 11.3 Å². The number of piperazine rings is 1. The molecule has 8 heteroatoms. The fraction of sp³-hybridized carbons (Fsp3) is 0.333. The predicted molar refractivity (Wildman–Crippen MR) is 104 cm³/mol. The monoisotopic (exact) mass is 439 g/mol. The van der Waals surface area contributed by atoms with Crippen LogP contribution in [0.2, 0.25) is 0 Å². The summed E-state index contributed by atoms with van der Waals surface area (Å²) in [7, 11) is 0. The molecule has 0 unspecified atom stereocenters. The van der Waals surface area contributed by atoms with Crippen molar-refractivity contribution in [2.45, 2.75) is 13.5 Å². The number of thiophene rings is 1. The van der Waals surface area contributed by atoms with E-state index in [4.69, 9.17) is 0 Å². The normalized spacial score (nSPS) is 14.4. The number of ketones is 1. The summed E-state index contributed by atoms with van der Waals surface area (Å²) >= 11 is 4.98. The minimum Gasteiger partial charge on any atom is -0.366 e. The summed E-state index contributed by atoms with van der Waals surface area (Å²) in [5, 5.41) is 4.89. The van der Waals surface area contributed by atoms with Gasteiger partial charge in [-0.05, 0) is 47.1 Å². The van der Waals surface area contributed by atoms with E-state index in [1.807, 2.05) is 16.3 Å². The lowest BCUT2D eigenvalue weighted by Gasteiger charge is -2.36. The first-order valence-electron chi connectivity index (χ1n) is 8.25. The fourth-order valence-corrected chi connectivity index (χ4v) is 4.24.